The van der Waals surface area contributed by atoms with Crippen LogP contribution in [0.2, 0.25) is 0 Å². The second kappa shape index (κ2) is 8.76. The molecule has 4 nitrogen and oxygen atoms in total. The normalized spacial score (nSPS) is 10.4. The fourth-order valence-electron chi connectivity index (χ4n) is 3.23. The van der Waals surface area contributed by atoms with Crippen molar-refractivity contribution >= 4 is 22.6 Å². The summed E-state index contributed by atoms with van der Waals surface area (Å²) in [6.07, 6.45) is 1.85. The van der Waals surface area contributed by atoms with Crippen molar-refractivity contribution in [3.63, 3.8) is 0 Å². The van der Waals surface area contributed by atoms with E-state index in [9.17, 15) is 9.59 Å². The molecule has 0 radical (unpaired) electrons. The van der Waals surface area contributed by atoms with Crippen molar-refractivity contribution in [1.82, 2.24) is 4.57 Å². The monoisotopic (exact) mass is 434 g/mol. The number of hydrogen-bond acceptors (Lipinski definition) is 2. The summed E-state index contributed by atoms with van der Waals surface area (Å²) < 4.78 is 3.81. The van der Waals surface area contributed by atoms with Crippen LogP contribution in [-0.2, 0) is 13.1 Å². The molecule has 0 atom stereocenters. The van der Waals surface area contributed by atoms with Gasteiger partial charge in [0.05, 0.1) is 0 Å². The highest BCUT2D eigenvalue weighted by molar-refractivity contribution is 5.97. The number of carbonyl (C=O) groups excluding carboxylic acids is 2. The second-order valence-electron chi connectivity index (χ2n) is 6.44. The zero-order valence-electron chi connectivity index (χ0n) is 15.2. The molecule has 4 rings (SSSR count). The highest BCUT2D eigenvalue weighted by Crippen LogP contribution is 2.13. The topological polar surface area (TPSA) is 43.0 Å². The summed E-state index contributed by atoms with van der Waals surface area (Å²) in [5, 5.41) is 0. The summed E-state index contributed by atoms with van der Waals surface area (Å²) in [5.74, 6) is 0.0794. The first-order chi connectivity index (χ1) is 13.2. The Morgan fingerprint density at radius 2 is 1.25 bits per heavy atom. The van der Waals surface area contributed by atoms with E-state index < -0.39 is 0 Å². The van der Waals surface area contributed by atoms with E-state index in [1.54, 1.807) is 0 Å². The molecule has 0 saturated carbocycles. The number of hydrogen-bond donors (Lipinski definition) is 0. The lowest BCUT2D eigenvalue weighted by Gasteiger charge is -1.99. The summed E-state index contributed by atoms with van der Waals surface area (Å²) in [7, 11) is 0. The van der Waals surface area contributed by atoms with Gasteiger partial charge in [-0.15, -0.1) is 0 Å². The first-order valence-electron chi connectivity index (χ1n) is 8.86. The van der Waals surface area contributed by atoms with Crippen molar-refractivity contribution < 1.29 is 31.1 Å². The van der Waals surface area contributed by atoms with E-state index >= 15 is 0 Å². The number of aromatic nitrogens is 2. The number of ketones is 2. The maximum absolute atomic E-state index is 12.6. The van der Waals surface area contributed by atoms with Gasteiger partial charge in [-0.1, -0.05) is 72.8 Å². The lowest BCUT2D eigenvalue weighted by atomic mass is 10.1. The Labute approximate surface area is 173 Å². The Balaban J connectivity index is 0.00000225. The molecule has 0 aliphatic carbocycles. The van der Waals surface area contributed by atoms with E-state index in [1.165, 1.54) is 0 Å². The number of halogens is 1. The molecule has 0 aliphatic rings. The van der Waals surface area contributed by atoms with E-state index in [2.05, 4.69) is 0 Å². The Morgan fingerprint density at radius 1 is 0.714 bits per heavy atom. The molecule has 140 valence electrons. The van der Waals surface area contributed by atoms with Gasteiger partial charge in [0.2, 0.25) is 17.9 Å². The van der Waals surface area contributed by atoms with E-state index in [1.807, 2.05) is 100 Å². The predicted molar refractivity (Wildman–Crippen MR) is 104 cm³/mol. The molecule has 0 N–H and O–H groups in total. The molecule has 1 heterocycles. The third-order valence-corrected chi connectivity index (χ3v) is 4.60. The van der Waals surface area contributed by atoms with Crippen LogP contribution in [0.5, 0.6) is 0 Å². The predicted octanol–water partition coefficient (Wildman–Crippen LogP) is 0.699. The van der Waals surface area contributed by atoms with Gasteiger partial charge in [0.25, 0.3) is 0 Å². The van der Waals surface area contributed by atoms with Crippen molar-refractivity contribution in [2.45, 2.75) is 13.1 Å². The van der Waals surface area contributed by atoms with Gasteiger partial charge in [0, 0.05) is 11.1 Å². The smallest absolute Gasteiger partial charge is 0.245 e. The highest BCUT2D eigenvalue weighted by atomic mass is 79.9. The maximum Gasteiger partial charge on any atom is 0.245 e. The van der Waals surface area contributed by atoms with Gasteiger partial charge in [-0.3, -0.25) is 9.59 Å². The van der Waals surface area contributed by atoms with Gasteiger partial charge in [-0.05, 0) is 12.1 Å². The quantitative estimate of drug-likeness (QED) is 0.331. The zero-order valence-corrected chi connectivity index (χ0v) is 16.7. The summed E-state index contributed by atoms with van der Waals surface area (Å²) in [5.41, 5.74) is 3.23. The molecule has 28 heavy (non-hydrogen) atoms. The van der Waals surface area contributed by atoms with E-state index in [0.29, 0.717) is 11.1 Å². The summed E-state index contributed by atoms with van der Waals surface area (Å²) in [6.45, 7) is 0.466. The van der Waals surface area contributed by atoms with Crippen LogP contribution in [0, 0.1) is 0 Å². The van der Waals surface area contributed by atoms with E-state index in [-0.39, 0.29) is 41.6 Å². The minimum absolute atomic E-state index is 0. The fraction of sp³-hybridized carbons (Fsp3) is 0.0870. The van der Waals surface area contributed by atoms with Crippen molar-refractivity contribution in [2.24, 2.45) is 0 Å². The van der Waals surface area contributed by atoms with Gasteiger partial charge in [0.15, 0.2) is 24.1 Å². The zero-order chi connectivity index (χ0) is 18.6. The molecule has 0 amide bonds. The van der Waals surface area contributed by atoms with E-state index in [0.717, 1.165) is 11.0 Å². The van der Waals surface area contributed by atoms with Gasteiger partial charge < -0.3 is 17.0 Å². The third-order valence-electron chi connectivity index (χ3n) is 4.60. The Kier molecular flexibility index (Phi) is 6.16. The molecular formula is C23H19BrN2O2. The lowest BCUT2D eigenvalue weighted by Crippen LogP contribution is -3.00. The molecule has 5 heteroatoms. The van der Waals surface area contributed by atoms with Gasteiger partial charge in [-0.2, -0.15) is 0 Å². The lowest BCUT2D eigenvalue weighted by molar-refractivity contribution is -0.657. The van der Waals surface area contributed by atoms with Crippen molar-refractivity contribution in [3.05, 3.63) is 102 Å². The molecular weight excluding hydrogens is 416 g/mol. The van der Waals surface area contributed by atoms with Crippen LogP contribution in [0.15, 0.2) is 91.3 Å². The van der Waals surface area contributed by atoms with Crippen molar-refractivity contribution in [3.8, 4) is 0 Å². The third kappa shape index (κ3) is 4.10. The minimum Gasteiger partial charge on any atom is -1.00 e. The average Bonchev–Trinajstić information content (AvgIpc) is 3.06. The Morgan fingerprint density at radius 3 is 1.89 bits per heavy atom. The number of fused-ring (bicyclic) bond motifs is 1. The number of rotatable bonds is 6. The number of para-hydroxylation sites is 2. The number of benzene rings is 3. The second-order valence-corrected chi connectivity index (χ2v) is 6.44. The first kappa shape index (κ1) is 19.7. The molecule has 0 spiro atoms. The highest BCUT2D eigenvalue weighted by Gasteiger charge is 2.20. The molecule has 1 aromatic heterocycles. The standard InChI is InChI=1S/C23H19N2O2.BrH/c26-22(18-9-3-1-4-10-18)15-24-17-25(21-14-8-7-13-20(21)24)16-23(27)19-11-5-2-6-12-19;/h1-14,17H,15-16H2;1H/q+1;/p-1. The molecule has 3 aromatic carbocycles. The number of carbonyl (C=O) groups is 2. The SMILES string of the molecule is O=C(Cn1c[n+](CC(=O)c2ccccc2)c2ccccc21)c1ccccc1.[Br-]. The van der Waals surface area contributed by atoms with Crippen molar-refractivity contribution in [2.75, 3.05) is 0 Å². The van der Waals surface area contributed by atoms with Crippen LogP contribution in [-0.4, -0.2) is 16.1 Å². The molecule has 0 unspecified atom stereocenters. The van der Waals surface area contributed by atoms with E-state index in [4.69, 9.17) is 0 Å². The number of Topliss-reactive ketones (excluding diaryl/α,β-unsaturated/α-hetero) is 2. The fourth-order valence-corrected chi connectivity index (χ4v) is 3.23. The molecule has 0 saturated heterocycles. The largest absolute Gasteiger partial charge is 1.00 e. The first-order valence-corrected chi connectivity index (χ1v) is 8.86. The Bertz CT molecular complexity index is 1020. The molecule has 0 aliphatic heterocycles. The van der Waals surface area contributed by atoms with Crippen LogP contribution in [0.25, 0.3) is 11.0 Å². The summed E-state index contributed by atoms with van der Waals surface area (Å²) in [6, 6.07) is 26.3. The van der Waals surface area contributed by atoms with Crippen molar-refractivity contribution in [1.29, 1.82) is 0 Å². The van der Waals surface area contributed by atoms with Gasteiger partial charge in [-0.25, -0.2) is 9.13 Å². The van der Waals surface area contributed by atoms with Gasteiger partial charge in [0.1, 0.15) is 0 Å². The van der Waals surface area contributed by atoms with Crippen LogP contribution in [0.4, 0.5) is 0 Å². The van der Waals surface area contributed by atoms with Crippen LogP contribution >= 0.6 is 0 Å². The number of nitrogens with zero attached hydrogens (tertiary/aromatic N) is 2. The summed E-state index contributed by atoms with van der Waals surface area (Å²) >= 11 is 0. The number of imidazole rings is 1. The molecule has 0 fully saturated rings. The molecule has 0 bridgehead atoms. The van der Waals surface area contributed by atoms with Crippen LogP contribution in [0.1, 0.15) is 20.7 Å². The van der Waals surface area contributed by atoms with Gasteiger partial charge >= 0.3 is 0 Å². The van der Waals surface area contributed by atoms with Crippen LogP contribution in [0.3, 0.4) is 0 Å². The van der Waals surface area contributed by atoms with Crippen LogP contribution < -0.4 is 21.5 Å². The summed E-state index contributed by atoms with van der Waals surface area (Å²) in [4.78, 5) is 25.2. The Hall–Kier alpha value is -3.05. The minimum atomic E-state index is 0. The molecule has 4 aromatic rings. The average molecular weight is 435 g/mol. The maximum atomic E-state index is 12.6.